The van der Waals surface area contributed by atoms with Gasteiger partial charge in [0.15, 0.2) is 0 Å². The molecule has 2 heterocycles. The predicted octanol–water partition coefficient (Wildman–Crippen LogP) is 3.37. The van der Waals surface area contributed by atoms with E-state index in [0.717, 1.165) is 31.7 Å². The quantitative estimate of drug-likeness (QED) is 0.769. The van der Waals surface area contributed by atoms with Crippen molar-refractivity contribution >= 4 is 17.6 Å². The zero-order valence-corrected chi connectivity index (χ0v) is 16.5. The van der Waals surface area contributed by atoms with Crippen LogP contribution in [0.5, 0.6) is 5.75 Å². The summed E-state index contributed by atoms with van der Waals surface area (Å²) in [6.07, 6.45) is 0.808. The Hall–Kier alpha value is -2.02. The highest BCUT2D eigenvalue weighted by atomic mass is 35.5. The summed E-state index contributed by atoms with van der Waals surface area (Å²) in [5.74, 6) is 2.08. The van der Waals surface area contributed by atoms with Crippen molar-refractivity contribution in [3.63, 3.8) is 0 Å². The predicted molar refractivity (Wildman–Crippen MR) is 103 cm³/mol. The highest BCUT2D eigenvalue weighted by Crippen LogP contribution is 2.38. The van der Waals surface area contributed by atoms with Crippen molar-refractivity contribution in [2.45, 2.75) is 31.6 Å². The molecule has 6 nitrogen and oxygen atoms in total. The van der Waals surface area contributed by atoms with Gasteiger partial charge in [-0.15, -0.1) is 0 Å². The molecular weight excluding hydrogens is 382 g/mol. The molecule has 1 aromatic heterocycles. The van der Waals surface area contributed by atoms with Crippen molar-refractivity contribution in [3.05, 3.63) is 52.9 Å². The maximum absolute atomic E-state index is 11.5. The van der Waals surface area contributed by atoms with Crippen LogP contribution in [0.25, 0.3) is 0 Å². The minimum Gasteiger partial charge on any atom is -0.488 e. The molecule has 0 unspecified atom stereocenters. The Labute approximate surface area is 169 Å². The molecule has 150 valence electrons. The lowest BCUT2D eigenvalue weighted by molar-refractivity contribution is -0.0231. The summed E-state index contributed by atoms with van der Waals surface area (Å²) in [5, 5.41) is 11.2. The van der Waals surface area contributed by atoms with Gasteiger partial charge in [0.1, 0.15) is 17.6 Å². The van der Waals surface area contributed by atoms with E-state index in [4.69, 9.17) is 20.8 Å². The van der Waals surface area contributed by atoms with Gasteiger partial charge in [-0.05, 0) is 55.0 Å². The molecule has 2 aliphatic rings. The van der Waals surface area contributed by atoms with Crippen LogP contribution in [0, 0.1) is 11.8 Å². The number of methoxy groups -OCH3 is 1. The third-order valence-electron chi connectivity index (χ3n) is 5.67. The van der Waals surface area contributed by atoms with E-state index in [1.54, 1.807) is 18.2 Å². The van der Waals surface area contributed by atoms with Gasteiger partial charge in [-0.3, -0.25) is 4.90 Å². The first-order valence-corrected chi connectivity index (χ1v) is 9.89. The van der Waals surface area contributed by atoms with Crippen LogP contribution in [0.15, 0.2) is 40.8 Å². The maximum atomic E-state index is 11.5. The zero-order valence-electron chi connectivity index (χ0n) is 15.7. The van der Waals surface area contributed by atoms with Gasteiger partial charge in [0.05, 0.1) is 19.8 Å². The molecule has 0 bridgehead atoms. The molecule has 4 atom stereocenters. The molecule has 0 amide bonds. The van der Waals surface area contributed by atoms with Gasteiger partial charge in [0.25, 0.3) is 0 Å². The number of nitrogens with zero attached hydrogens (tertiary/aromatic N) is 1. The second-order valence-corrected chi connectivity index (χ2v) is 8.06. The third-order valence-corrected chi connectivity index (χ3v) is 5.91. The maximum Gasteiger partial charge on any atom is 0.373 e. The van der Waals surface area contributed by atoms with Crippen molar-refractivity contribution in [1.82, 2.24) is 4.90 Å². The van der Waals surface area contributed by atoms with Gasteiger partial charge in [0.2, 0.25) is 5.76 Å². The van der Waals surface area contributed by atoms with Crippen molar-refractivity contribution < 1.29 is 23.8 Å². The number of ether oxygens (including phenoxy) is 2. The molecule has 1 saturated carbocycles. The lowest BCUT2D eigenvalue weighted by atomic mass is 9.78. The van der Waals surface area contributed by atoms with Crippen LogP contribution >= 0.6 is 11.6 Å². The number of hydrogen-bond acceptors (Lipinski definition) is 6. The number of hydrogen-bond donors (Lipinski definition) is 1. The van der Waals surface area contributed by atoms with E-state index in [1.165, 1.54) is 7.11 Å². The van der Waals surface area contributed by atoms with Gasteiger partial charge < -0.3 is 19.0 Å². The van der Waals surface area contributed by atoms with Crippen molar-refractivity contribution in [1.29, 1.82) is 0 Å². The Morgan fingerprint density at radius 3 is 2.79 bits per heavy atom. The highest BCUT2D eigenvalue weighted by Gasteiger charge is 2.42. The van der Waals surface area contributed by atoms with E-state index in [0.29, 0.717) is 29.2 Å². The van der Waals surface area contributed by atoms with E-state index in [2.05, 4.69) is 9.64 Å². The average molecular weight is 406 g/mol. The molecule has 1 aliphatic heterocycles. The molecule has 2 aromatic rings. The number of halogens is 1. The molecule has 1 aromatic carbocycles. The molecule has 0 radical (unpaired) electrons. The Morgan fingerprint density at radius 1 is 1.25 bits per heavy atom. The van der Waals surface area contributed by atoms with Gasteiger partial charge in [0, 0.05) is 18.1 Å². The van der Waals surface area contributed by atoms with E-state index >= 15 is 0 Å². The SMILES string of the molecule is COC(=O)c1ccc(CN2C[C@H]3C[C@@H](Oc4cccc(Cl)c4)[C@H](O)C[C@H]3C2)o1. The monoisotopic (exact) mass is 405 g/mol. The van der Waals surface area contributed by atoms with Crippen LogP contribution in [0.1, 0.15) is 29.2 Å². The first kappa shape index (κ1) is 19.3. The minimum atomic E-state index is -0.491. The van der Waals surface area contributed by atoms with Crippen LogP contribution in [-0.4, -0.2) is 48.4 Å². The Balaban J connectivity index is 1.36. The van der Waals surface area contributed by atoms with Gasteiger partial charge in [-0.1, -0.05) is 17.7 Å². The first-order valence-electron chi connectivity index (χ1n) is 9.51. The van der Waals surface area contributed by atoms with Crippen molar-refractivity contribution in [2.24, 2.45) is 11.8 Å². The number of carbonyl (C=O) groups excluding carboxylic acids is 1. The molecule has 2 fully saturated rings. The first-order chi connectivity index (χ1) is 13.5. The van der Waals surface area contributed by atoms with Gasteiger partial charge in [-0.25, -0.2) is 4.79 Å². The smallest absolute Gasteiger partial charge is 0.373 e. The fraction of sp³-hybridized carbons (Fsp3) is 0.476. The topological polar surface area (TPSA) is 72.1 Å². The third kappa shape index (κ3) is 4.19. The van der Waals surface area contributed by atoms with E-state index in [-0.39, 0.29) is 11.9 Å². The second kappa shape index (κ2) is 8.15. The van der Waals surface area contributed by atoms with E-state index in [9.17, 15) is 9.90 Å². The molecule has 7 heteroatoms. The molecular formula is C21H24ClNO5. The number of aliphatic hydroxyl groups excluding tert-OH is 1. The normalized spacial score (nSPS) is 27.4. The summed E-state index contributed by atoms with van der Waals surface area (Å²) in [7, 11) is 1.34. The minimum absolute atomic E-state index is 0.222. The number of fused-ring (bicyclic) bond motifs is 1. The number of rotatable bonds is 5. The molecule has 1 aliphatic carbocycles. The van der Waals surface area contributed by atoms with E-state index < -0.39 is 12.1 Å². The number of aliphatic hydroxyl groups is 1. The largest absolute Gasteiger partial charge is 0.488 e. The molecule has 1 saturated heterocycles. The van der Waals surface area contributed by atoms with Crippen molar-refractivity contribution in [2.75, 3.05) is 20.2 Å². The Kier molecular flexibility index (Phi) is 5.62. The molecule has 0 spiro atoms. The van der Waals surface area contributed by atoms with Crippen molar-refractivity contribution in [3.8, 4) is 5.75 Å². The second-order valence-electron chi connectivity index (χ2n) is 7.62. The molecule has 4 rings (SSSR count). The fourth-order valence-corrected chi connectivity index (χ4v) is 4.53. The summed E-state index contributed by atoms with van der Waals surface area (Å²) in [6.45, 7) is 2.46. The van der Waals surface area contributed by atoms with Crippen LogP contribution in [0.4, 0.5) is 0 Å². The summed E-state index contributed by atoms with van der Waals surface area (Å²) < 4.78 is 16.3. The molecule has 28 heavy (non-hydrogen) atoms. The van der Waals surface area contributed by atoms with Gasteiger partial charge >= 0.3 is 5.97 Å². The summed E-state index contributed by atoms with van der Waals surface area (Å²) in [5.41, 5.74) is 0. The van der Waals surface area contributed by atoms with E-state index in [1.807, 2.05) is 18.2 Å². The van der Waals surface area contributed by atoms with Crippen LogP contribution in [-0.2, 0) is 11.3 Å². The lowest BCUT2D eigenvalue weighted by Crippen LogP contribution is -2.42. The zero-order chi connectivity index (χ0) is 19.7. The summed E-state index contributed by atoms with van der Waals surface area (Å²) in [6, 6.07) is 10.7. The number of furan rings is 1. The standard InChI is InChI=1S/C21H24ClNO5/c1-26-21(25)19-6-5-17(28-19)12-23-10-13-7-18(24)20(8-14(13)11-23)27-16-4-2-3-15(22)9-16/h2-6,9,13-14,18,20,24H,7-8,10-12H2,1H3/t13-,14+,18+,20+/m0/s1. The number of likely N-dealkylation sites (tertiary alicyclic amines) is 1. The number of carbonyl (C=O) groups is 1. The lowest BCUT2D eigenvalue weighted by Gasteiger charge is -2.35. The highest BCUT2D eigenvalue weighted by molar-refractivity contribution is 6.30. The fourth-order valence-electron chi connectivity index (χ4n) is 4.35. The van der Waals surface area contributed by atoms with Crippen LogP contribution in [0.2, 0.25) is 5.02 Å². The number of esters is 1. The number of benzene rings is 1. The van der Waals surface area contributed by atoms with Crippen LogP contribution < -0.4 is 4.74 Å². The Bertz CT molecular complexity index is 838. The van der Waals surface area contributed by atoms with Crippen LogP contribution in [0.3, 0.4) is 0 Å². The average Bonchev–Trinajstić information content (AvgIpc) is 3.28. The summed E-state index contributed by atoms with van der Waals surface area (Å²) in [4.78, 5) is 13.8. The molecule has 1 N–H and O–H groups in total. The Morgan fingerprint density at radius 2 is 2.04 bits per heavy atom. The summed E-state index contributed by atoms with van der Waals surface area (Å²) >= 11 is 6.03. The van der Waals surface area contributed by atoms with Gasteiger partial charge in [-0.2, -0.15) is 0 Å².